The van der Waals surface area contributed by atoms with E-state index < -0.39 is 21.9 Å². The minimum absolute atomic E-state index is 0.0000368. The number of hydrogen-bond donors (Lipinski definition) is 2. The lowest BCUT2D eigenvalue weighted by Gasteiger charge is -2.33. The molecule has 25 heavy (non-hydrogen) atoms. The third-order valence-corrected chi connectivity index (χ3v) is 6.25. The number of nitrogens with one attached hydrogen (secondary N) is 1. The number of anilines is 1. The van der Waals surface area contributed by atoms with Crippen LogP contribution in [0.25, 0.3) is 11.1 Å². The second-order valence-electron chi connectivity index (χ2n) is 5.76. The van der Waals surface area contributed by atoms with Crippen molar-refractivity contribution in [1.29, 1.82) is 0 Å². The van der Waals surface area contributed by atoms with Gasteiger partial charge >= 0.3 is 5.76 Å². The number of aliphatic hydroxyl groups excluding tert-OH is 1. The van der Waals surface area contributed by atoms with E-state index in [1.54, 1.807) is 18.2 Å². The van der Waals surface area contributed by atoms with Gasteiger partial charge in [-0.2, -0.15) is 0 Å². The smallest absolute Gasteiger partial charge is 0.408 e. The van der Waals surface area contributed by atoms with Crippen molar-refractivity contribution in [1.82, 2.24) is 4.98 Å². The van der Waals surface area contributed by atoms with Gasteiger partial charge in [0.15, 0.2) is 5.58 Å². The maximum atomic E-state index is 13.1. The molecular formula is C16H13ClN2O5S. The van der Waals surface area contributed by atoms with Gasteiger partial charge in [-0.1, -0.05) is 11.6 Å². The van der Waals surface area contributed by atoms with Crippen LogP contribution in [0, 0.1) is 0 Å². The SMILES string of the molecule is O=c1[nH]c2ccc(S(=O)(=O)N3CCC(O)c4cc(Cl)ccc43)cc2o1. The van der Waals surface area contributed by atoms with Crippen LogP contribution < -0.4 is 10.1 Å². The first-order valence-electron chi connectivity index (χ1n) is 7.49. The molecular weight excluding hydrogens is 368 g/mol. The van der Waals surface area contributed by atoms with Gasteiger partial charge in [-0.15, -0.1) is 0 Å². The maximum absolute atomic E-state index is 13.1. The van der Waals surface area contributed by atoms with E-state index in [-0.39, 0.29) is 23.4 Å². The van der Waals surface area contributed by atoms with Gasteiger partial charge in [0.05, 0.1) is 22.2 Å². The van der Waals surface area contributed by atoms with E-state index in [0.717, 1.165) is 0 Å². The lowest BCUT2D eigenvalue weighted by atomic mass is 10.0. The number of benzene rings is 2. The molecule has 3 aromatic rings. The number of H-pyrrole nitrogens is 1. The fraction of sp³-hybridized carbons (Fsp3) is 0.188. The lowest BCUT2D eigenvalue weighted by Crippen LogP contribution is -2.36. The molecule has 4 rings (SSSR count). The fourth-order valence-electron chi connectivity index (χ4n) is 3.00. The van der Waals surface area contributed by atoms with Crippen LogP contribution in [0.4, 0.5) is 5.69 Å². The van der Waals surface area contributed by atoms with E-state index in [9.17, 15) is 18.3 Å². The second-order valence-corrected chi connectivity index (χ2v) is 8.06. The summed E-state index contributed by atoms with van der Waals surface area (Å²) in [6.45, 7) is 0.132. The third-order valence-electron chi connectivity index (χ3n) is 4.20. The Balaban J connectivity index is 1.85. The molecule has 2 N–H and O–H groups in total. The zero-order valence-corrected chi connectivity index (χ0v) is 14.3. The van der Waals surface area contributed by atoms with Gasteiger partial charge < -0.3 is 9.52 Å². The number of hydrogen-bond acceptors (Lipinski definition) is 5. The van der Waals surface area contributed by atoms with E-state index in [0.29, 0.717) is 21.8 Å². The zero-order chi connectivity index (χ0) is 17.8. The Bertz CT molecular complexity index is 1130. The van der Waals surface area contributed by atoms with Crippen LogP contribution in [0.2, 0.25) is 5.02 Å². The Labute approximate surface area is 147 Å². The first-order chi connectivity index (χ1) is 11.9. The quantitative estimate of drug-likeness (QED) is 0.710. The molecule has 0 spiro atoms. The molecule has 0 amide bonds. The Kier molecular flexibility index (Phi) is 3.64. The summed E-state index contributed by atoms with van der Waals surface area (Å²) in [6.07, 6.45) is -0.515. The molecule has 9 heteroatoms. The zero-order valence-electron chi connectivity index (χ0n) is 12.8. The number of aromatic amines is 1. The molecule has 1 aliphatic rings. The topological polar surface area (TPSA) is 104 Å². The highest BCUT2D eigenvalue weighted by atomic mass is 35.5. The van der Waals surface area contributed by atoms with Gasteiger partial charge in [0.1, 0.15) is 0 Å². The van der Waals surface area contributed by atoms with Gasteiger partial charge in [-0.3, -0.25) is 9.29 Å². The van der Waals surface area contributed by atoms with Crippen molar-refractivity contribution in [3.8, 4) is 0 Å². The number of aromatic nitrogens is 1. The van der Waals surface area contributed by atoms with Crippen LogP contribution in [-0.4, -0.2) is 25.1 Å². The Hall–Kier alpha value is -2.29. The first kappa shape index (κ1) is 16.2. The Morgan fingerprint density at radius 3 is 2.84 bits per heavy atom. The average Bonchev–Trinajstić information content (AvgIpc) is 2.94. The van der Waals surface area contributed by atoms with Gasteiger partial charge in [-0.05, 0) is 36.8 Å². The van der Waals surface area contributed by atoms with Gasteiger partial charge in [0, 0.05) is 23.2 Å². The summed E-state index contributed by atoms with van der Waals surface area (Å²) in [7, 11) is -3.89. The summed E-state index contributed by atoms with van der Waals surface area (Å²) in [5, 5.41) is 10.6. The van der Waals surface area contributed by atoms with E-state index >= 15 is 0 Å². The van der Waals surface area contributed by atoms with E-state index in [2.05, 4.69) is 4.98 Å². The predicted molar refractivity (Wildman–Crippen MR) is 92.4 cm³/mol. The highest BCUT2D eigenvalue weighted by molar-refractivity contribution is 7.92. The molecule has 2 heterocycles. The minimum atomic E-state index is -3.89. The summed E-state index contributed by atoms with van der Waals surface area (Å²) >= 11 is 5.96. The minimum Gasteiger partial charge on any atom is -0.408 e. The molecule has 1 aromatic heterocycles. The van der Waals surface area contributed by atoms with E-state index in [1.165, 1.54) is 22.5 Å². The van der Waals surface area contributed by atoms with Crippen molar-refractivity contribution in [3.63, 3.8) is 0 Å². The van der Waals surface area contributed by atoms with Crippen molar-refractivity contribution >= 4 is 38.4 Å². The molecule has 0 aliphatic carbocycles. The van der Waals surface area contributed by atoms with Crippen LogP contribution in [0.1, 0.15) is 18.1 Å². The predicted octanol–water partition coefficient (Wildman–Crippen LogP) is 2.41. The summed E-state index contributed by atoms with van der Waals surface area (Å²) in [5.41, 5.74) is 1.44. The molecule has 1 atom stereocenters. The molecule has 2 aromatic carbocycles. The Morgan fingerprint density at radius 2 is 2.04 bits per heavy atom. The van der Waals surface area contributed by atoms with Gasteiger partial charge in [0.25, 0.3) is 10.0 Å². The van der Waals surface area contributed by atoms with Crippen LogP contribution >= 0.6 is 11.6 Å². The molecule has 1 aliphatic heterocycles. The number of sulfonamides is 1. The van der Waals surface area contributed by atoms with E-state index in [1.807, 2.05) is 0 Å². The average molecular weight is 381 g/mol. The number of fused-ring (bicyclic) bond motifs is 2. The molecule has 0 radical (unpaired) electrons. The fourth-order valence-corrected chi connectivity index (χ4v) is 4.70. The number of aliphatic hydroxyl groups is 1. The molecule has 0 saturated carbocycles. The van der Waals surface area contributed by atoms with Crippen molar-refractivity contribution in [2.24, 2.45) is 0 Å². The van der Waals surface area contributed by atoms with Crippen molar-refractivity contribution in [2.45, 2.75) is 17.4 Å². The van der Waals surface area contributed by atoms with Crippen molar-refractivity contribution in [3.05, 3.63) is 57.5 Å². The second kappa shape index (κ2) is 5.62. The van der Waals surface area contributed by atoms with Gasteiger partial charge in [0.2, 0.25) is 0 Å². The number of rotatable bonds is 2. The molecule has 0 fully saturated rings. The lowest BCUT2D eigenvalue weighted by molar-refractivity contribution is 0.166. The highest BCUT2D eigenvalue weighted by Crippen LogP contribution is 2.38. The van der Waals surface area contributed by atoms with Crippen LogP contribution in [0.3, 0.4) is 0 Å². The van der Waals surface area contributed by atoms with Crippen LogP contribution in [0.5, 0.6) is 0 Å². The maximum Gasteiger partial charge on any atom is 0.417 e. The molecule has 130 valence electrons. The molecule has 0 bridgehead atoms. The van der Waals surface area contributed by atoms with Crippen LogP contribution in [-0.2, 0) is 10.0 Å². The van der Waals surface area contributed by atoms with Crippen molar-refractivity contribution in [2.75, 3.05) is 10.8 Å². The highest BCUT2D eigenvalue weighted by Gasteiger charge is 2.33. The summed E-state index contributed by atoms with van der Waals surface area (Å²) in [5.74, 6) is -0.648. The normalized spacial score (nSPS) is 17.7. The number of nitrogens with zero attached hydrogens (tertiary/aromatic N) is 1. The summed E-state index contributed by atoms with van der Waals surface area (Å²) in [4.78, 5) is 13.7. The summed E-state index contributed by atoms with van der Waals surface area (Å²) in [6, 6.07) is 8.92. The van der Waals surface area contributed by atoms with E-state index in [4.69, 9.17) is 16.0 Å². The number of halogens is 1. The van der Waals surface area contributed by atoms with Crippen LogP contribution in [0.15, 0.2) is 50.5 Å². The molecule has 7 nitrogen and oxygen atoms in total. The Morgan fingerprint density at radius 1 is 1.24 bits per heavy atom. The first-order valence-corrected chi connectivity index (χ1v) is 9.31. The molecule has 0 saturated heterocycles. The molecule has 1 unspecified atom stereocenters. The standard InChI is InChI=1S/C16H13ClN2O5S/c17-9-1-4-13-11(7-9)14(20)5-6-19(13)25(22,23)10-2-3-12-15(8-10)24-16(21)18-12/h1-4,7-8,14,20H,5-6H2,(H,18,21). The largest absolute Gasteiger partial charge is 0.417 e. The summed E-state index contributed by atoms with van der Waals surface area (Å²) < 4.78 is 32.3. The monoisotopic (exact) mass is 380 g/mol. The van der Waals surface area contributed by atoms with Gasteiger partial charge in [-0.25, -0.2) is 13.2 Å². The third kappa shape index (κ3) is 2.62. The number of oxazole rings is 1. The van der Waals surface area contributed by atoms with Crippen molar-refractivity contribution < 1.29 is 17.9 Å².